The molecule has 0 radical (unpaired) electrons. The number of halogens is 3. The van der Waals surface area contributed by atoms with Crippen LogP contribution < -0.4 is 9.80 Å². The van der Waals surface area contributed by atoms with Crippen LogP contribution in [0, 0.1) is 0 Å². The maximum Gasteiger partial charge on any atom is 0.511 e. The van der Waals surface area contributed by atoms with Crippen molar-refractivity contribution in [1.82, 2.24) is 9.29 Å². The molecule has 0 bridgehead atoms. The van der Waals surface area contributed by atoms with Crippen LogP contribution in [-0.2, 0) is 47.3 Å². The number of fused-ring (bicyclic) bond motifs is 2. The van der Waals surface area contributed by atoms with E-state index in [0.29, 0.717) is 46.3 Å². The molecule has 6 rings (SSSR count). The molecule has 1 aromatic heterocycles. The van der Waals surface area contributed by atoms with Crippen LogP contribution in [0.4, 0.5) is 29.3 Å². The summed E-state index contributed by atoms with van der Waals surface area (Å²) >= 11 is 0. The van der Waals surface area contributed by atoms with Crippen LogP contribution in [-0.4, -0.2) is 48.4 Å². The summed E-state index contributed by atoms with van der Waals surface area (Å²) in [4.78, 5) is 21.5. The van der Waals surface area contributed by atoms with Gasteiger partial charge in [0.15, 0.2) is 0 Å². The van der Waals surface area contributed by atoms with E-state index in [-0.39, 0.29) is 19.7 Å². The van der Waals surface area contributed by atoms with Crippen LogP contribution in [0.5, 0.6) is 0 Å². The Hall–Kier alpha value is -4.42. The average Bonchev–Trinajstić information content (AvgIpc) is 3.23. The van der Waals surface area contributed by atoms with Gasteiger partial charge in [-0.2, -0.15) is 17.5 Å². The highest BCUT2D eigenvalue weighted by atomic mass is 32.2. The topological polar surface area (TPSA) is 83.1 Å². The number of amides is 1. The largest absolute Gasteiger partial charge is 0.511 e. The molecule has 3 heterocycles. The monoisotopic (exact) mass is 664 g/mol. The number of carbonyl (C=O) groups is 1. The Morgan fingerprint density at radius 1 is 0.894 bits per heavy atom. The first kappa shape index (κ1) is 32.5. The maximum atomic E-state index is 13.9. The van der Waals surface area contributed by atoms with Gasteiger partial charge in [0, 0.05) is 37.6 Å². The minimum Gasteiger partial charge on any atom is -0.444 e. The van der Waals surface area contributed by atoms with Crippen LogP contribution >= 0.6 is 0 Å². The number of carbonyl (C=O) groups excluding carboxylic acids is 1. The number of para-hydroxylation sites is 1. The number of hydrogen-bond acceptors (Lipinski definition) is 6. The van der Waals surface area contributed by atoms with Crippen molar-refractivity contribution in [2.45, 2.75) is 56.9 Å². The number of pyridine rings is 1. The molecule has 0 spiro atoms. The van der Waals surface area contributed by atoms with E-state index in [1.54, 1.807) is 35.4 Å². The predicted molar refractivity (Wildman–Crippen MR) is 173 cm³/mol. The van der Waals surface area contributed by atoms with E-state index in [4.69, 9.17) is 9.72 Å². The first-order valence-corrected chi connectivity index (χ1v) is 16.9. The highest BCUT2D eigenvalue weighted by molar-refractivity contribution is 7.89. The van der Waals surface area contributed by atoms with Crippen molar-refractivity contribution in [2.24, 2.45) is 0 Å². The number of sulfonamides is 1. The lowest BCUT2D eigenvalue weighted by molar-refractivity contribution is -0.0492. The van der Waals surface area contributed by atoms with Gasteiger partial charge in [0.2, 0.25) is 0 Å². The average molecular weight is 665 g/mol. The van der Waals surface area contributed by atoms with Crippen LogP contribution in [0.1, 0.15) is 40.8 Å². The molecule has 0 fully saturated rings. The van der Waals surface area contributed by atoms with E-state index >= 15 is 0 Å². The van der Waals surface area contributed by atoms with Crippen LogP contribution in [0.15, 0.2) is 97.2 Å². The summed E-state index contributed by atoms with van der Waals surface area (Å²) in [6, 6.07) is 27.1. The third kappa shape index (κ3) is 7.28. The summed E-state index contributed by atoms with van der Waals surface area (Å²) in [6.45, 7) is 0.0345. The van der Waals surface area contributed by atoms with Crippen molar-refractivity contribution in [3.05, 3.63) is 125 Å². The number of nitrogens with zero attached hydrogens (tertiary/aromatic N) is 4. The molecule has 3 aromatic carbocycles. The molecule has 12 heteroatoms. The van der Waals surface area contributed by atoms with Gasteiger partial charge in [0.1, 0.15) is 6.61 Å². The van der Waals surface area contributed by atoms with Crippen molar-refractivity contribution in [2.75, 3.05) is 22.9 Å². The van der Waals surface area contributed by atoms with Crippen molar-refractivity contribution < 1.29 is 31.1 Å². The number of rotatable bonds is 8. The molecule has 1 atom stereocenters. The van der Waals surface area contributed by atoms with E-state index in [1.807, 2.05) is 71.6 Å². The van der Waals surface area contributed by atoms with Crippen molar-refractivity contribution in [3.8, 4) is 0 Å². The summed E-state index contributed by atoms with van der Waals surface area (Å²) in [7, 11) is -5.60. The molecule has 47 heavy (non-hydrogen) atoms. The first-order valence-electron chi connectivity index (χ1n) is 15.5. The van der Waals surface area contributed by atoms with Gasteiger partial charge in [-0.05, 0) is 60.1 Å². The highest BCUT2D eigenvalue weighted by Gasteiger charge is 2.51. The molecular formula is C35H35F3N4O4S. The standard InChI is InChI=1S/C35H35F3N4O4S/c36-35(37,38)47(44,45)40-22-29-14-7-8-16-32(29)42(31(24-40)18-17-26-10-3-1-4-11-26)23-30-20-33-28(21-39-30)15-9-19-41(33)34(43)46-25-27-12-5-2-6-13-27/h1-8,10-14,16,20-21,31H,9,15,17-19,22-25H2/t31-/m1/s1. The molecule has 0 saturated carbocycles. The summed E-state index contributed by atoms with van der Waals surface area (Å²) in [5.74, 6) is 0. The van der Waals surface area contributed by atoms with Gasteiger partial charge in [-0.1, -0.05) is 78.9 Å². The molecule has 8 nitrogen and oxygen atoms in total. The first-order chi connectivity index (χ1) is 22.6. The lowest BCUT2D eigenvalue weighted by Gasteiger charge is -2.35. The van der Waals surface area contributed by atoms with E-state index in [9.17, 15) is 26.4 Å². The Bertz CT molecular complexity index is 1810. The fraction of sp³-hybridized carbons (Fsp3) is 0.314. The number of anilines is 2. The van der Waals surface area contributed by atoms with Gasteiger partial charge >= 0.3 is 21.6 Å². The van der Waals surface area contributed by atoms with Crippen LogP contribution in [0.3, 0.4) is 0 Å². The second-order valence-corrected chi connectivity index (χ2v) is 13.7. The van der Waals surface area contributed by atoms with E-state index in [0.717, 1.165) is 29.5 Å². The second kappa shape index (κ2) is 13.7. The lowest BCUT2D eigenvalue weighted by Crippen LogP contribution is -2.47. The van der Waals surface area contributed by atoms with Gasteiger partial charge in [-0.25, -0.2) is 13.2 Å². The Morgan fingerprint density at radius 3 is 2.30 bits per heavy atom. The second-order valence-electron chi connectivity index (χ2n) is 11.8. The van der Waals surface area contributed by atoms with Gasteiger partial charge in [0.25, 0.3) is 0 Å². The van der Waals surface area contributed by atoms with Gasteiger partial charge < -0.3 is 9.64 Å². The number of alkyl halides is 3. The molecule has 0 N–H and O–H groups in total. The number of aromatic nitrogens is 1. The zero-order valence-corrected chi connectivity index (χ0v) is 26.5. The van der Waals surface area contributed by atoms with Crippen molar-refractivity contribution >= 4 is 27.5 Å². The normalized spacial score (nSPS) is 17.0. The Morgan fingerprint density at radius 2 is 1.57 bits per heavy atom. The SMILES string of the molecule is O=C(OCc1ccccc1)N1CCCc2cnc(CN3c4ccccc4CN(S(=O)(=O)C(F)(F)F)C[C@H]3CCc3ccccc3)cc21. The van der Waals surface area contributed by atoms with E-state index in [2.05, 4.69) is 0 Å². The van der Waals surface area contributed by atoms with E-state index < -0.39 is 34.2 Å². The highest BCUT2D eigenvalue weighted by Crippen LogP contribution is 2.36. The molecule has 2 aliphatic heterocycles. The number of hydrogen-bond donors (Lipinski definition) is 0. The summed E-state index contributed by atoms with van der Waals surface area (Å²) in [5, 5.41) is 0. The fourth-order valence-corrected chi connectivity index (χ4v) is 7.20. The van der Waals surface area contributed by atoms with Gasteiger partial charge in [-0.15, -0.1) is 0 Å². The maximum absolute atomic E-state index is 13.9. The molecule has 4 aromatic rings. The Kier molecular flexibility index (Phi) is 9.51. The molecular weight excluding hydrogens is 629 g/mol. The minimum atomic E-state index is -5.60. The minimum absolute atomic E-state index is 0.133. The van der Waals surface area contributed by atoms with Crippen LogP contribution in [0.25, 0.3) is 0 Å². The number of ether oxygens (including phenoxy) is 1. The molecule has 1 amide bonds. The lowest BCUT2D eigenvalue weighted by atomic mass is 10.0. The fourth-order valence-electron chi connectivity index (χ4n) is 6.23. The molecule has 246 valence electrons. The predicted octanol–water partition coefficient (Wildman–Crippen LogP) is 6.84. The molecule has 2 aliphatic rings. The zero-order valence-electron chi connectivity index (χ0n) is 25.6. The smallest absolute Gasteiger partial charge is 0.444 e. The summed E-state index contributed by atoms with van der Waals surface area (Å²) < 4.78 is 73.3. The Balaban J connectivity index is 1.32. The van der Waals surface area contributed by atoms with E-state index in [1.165, 1.54) is 0 Å². The molecule has 0 saturated heterocycles. The van der Waals surface area contributed by atoms with Gasteiger partial charge in [-0.3, -0.25) is 9.88 Å². The van der Waals surface area contributed by atoms with Crippen molar-refractivity contribution in [3.63, 3.8) is 0 Å². The third-order valence-electron chi connectivity index (χ3n) is 8.64. The number of benzene rings is 3. The van der Waals surface area contributed by atoms with Gasteiger partial charge in [0.05, 0.1) is 17.9 Å². The summed E-state index contributed by atoms with van der Waals surface area (Å²) in [5.41, 5.74) is -0.280. The van der Waals surface area contributed by atoms with Crippen LogP contribution in [0.2, 0.25) is 0 Å². The third-order valence-corrected chi connectivity index (χ3v) is 10.2. The molecule has 0 aliphatic carbocycles. The molecule has 0 unspecified atom stereocenters. The zero-order chi connectivity index (χ0) is 33.0. The number of aryl methyl sites for hydroxylation is 2. The Labute approximate surface area is 272 Å². The summed E-state index contributed by atoms with van der Waals surface area (Å²) in [6.07, 6.45) is 3.68. The van der Waals surface area contributed by atoms with Crippen molar-refractivity contribution in [1.29, 1.82) is 0 Å². The quantitative estimate of drug-likeness (QED) is 0.205.